The molecule has 3 fully saturated rings. The van der Waals surface area contributed by atoms with E-state index in [1.54, 1.807) is 16.7 Å². The molecule has 4 unspecified atom stereocenters. The minimum absolute atomic E-state index is 0.122. The summed E-state index contributed by atoms with van der Waals surface area (Å²) in [6.45, 7) is 7.54. The van der Waals surface area contributed by atoms with Crippen molar-refractivity contribution >= 4 is 17.1 Å². The SMILES string of the molecule is CC1C[C@@H]2CC3C[C@H](C1)C21c2ccc(N(c4ccc(-c5ccccc5)cc4)c4ccccc4-c4ccccc4)cc2C(C)(C)c2ccccc2C31. The van der Waals surface area contributed by atoms with Crippen LogP contribution in [0.1, 0.15) is 74.6 Å². The Morgan fingerprint density at radius 3 is 1.82 bits per heavy atom. The Morgan fingerprint density at radius 2 is 1.10 bits per heavy atom. The third-order valence-corrected chi connectivity index (χ3v) is 13.7. The van der Waals surface area contributed by atoms with Gasteiger partial charge in [0.1, 0.15) is 0 Å². The fourth-order valence-corrected chi connectivity index (χ4v) is 11.9. The second-order valence-electron chi connectivity index (χ2n) is 16.7. The molecule has 10 rings (SSSR count). The zero-order chi connectivity index (χ0) is 34.3. The number of nitrogens with zero attached hydrogens (tertiary/aromatic N) is 1. The topological polar surface area (TPSA) is 3.24 Å². The lowest BCUT2D eigenvalue weighted by Crippen LogP contribution is -2.46. The average molecular weight is 662 g/mol. The summed E-state index contributed by atoms with van der Waals surface area (Å²) in [5.74, 6) is 3.78. The predicted octanol–water partition coefficient (Wildman–Crippen LogP) is 13.2. The van der Waals surface area contributed by atoms with Crippen LogP contribution in [0.15, 0.2) is 152 Å². The second kappa shape index (κ2) is 11.6. The van der Waals surface area contributed by atoms with Gasteiger partial charge >= 0.3 is 0 Å². The van der Waals surface area contributed by atoms with E-state index in [1.165, 1.54) is 70.6 Å². The normalized spacial score (nSPS) is 26.5. The van der Waals surface area contributed by atoms with E-state index in [0.717, 1.165) is 23.7 Å². The van der Waals surface area contributed by atoms with Gasteiger partial charge in [0, 0.05) is 27.8 Å². The van der Waals surface area contributed by atoms with Crippen molar-refractivity contribution < 1.29 is 0 Å². The summed E-state index contributed by atoms with van der Waals surface area (Å²) in [5.41, 5.74) is 15.0. The molecule has 51 heavy (non-hydrogen) atoms. The summed E-state index contributed by atoms with van der Waals surface area (Å²) in [4.78, 5) is 2.52. The van der Waals surface area contributed by atoms with Crippen molar-refractivity contribution in [2.75, 3.05) is 4.90 Å². The molecule has 0 heterocycles. The molecule has 0 saturated heterocycles. The highest BCUT2D eigenvalue weighted by Crippen LogP contribution is 2.75. The van der Waals surface area contributed by atoms with E-state index in [4.69, 9.17) is 0 Å². The third-order valence-electron chi connectivity index (χ3n) is 13.7. The highest BCUT2D eigenvalue weighted by atomic mass is 15.1. The second-order valence-corrected chi connectivity index (χ2v) is 16.7. The van der Waals surface area contributed by atoms with Gasteiger partial charge in [-0.3, -0.25) is 0 Å². The zero-order valence-corrected chi connectivity index (χ0v) is 30.1. The first-order valence-electron chi connectivity index (χ1n) is 19.3. The van der Waals surface area contributed by atoms with Crippen molar-refractivity contribution in [3.05, 3.63) is 174 Å². The lowest BCUT2D eigenvalue weighted by Gasteiger charge is -2.51. The van der Waals surface area contributed by atoms with E-state index >= 15 is 0 Å². The van der Waals surface area contributed by atoms with Gasteiger partial charge in [-0.25, -0.2) is 0 Å². The van der Waals surface area contributed by atoms with Gasteiger partial charge in [0.05, 0.1) is 5.69 Å². The molecule has 6 aromatic rings. The van der Waals surface area contributed by atoms with Crippen molar-refractivity contribution in [2.45, 2.75) is 63.2 Å². The van der Waals surface area contributed by atoms with Gasteiger partial charge in [0.15, 0.2) is 0 Å². The standard InChI is InChI=1S/C50H47N/c1-33-28-38-30-37-31-39(29-33)50(38)45-27-26-41(32-46(45)49(2,3)44-20-12-10-19-43(44)48(37)50)51(40-24-22-35(23-25-40)34-14-6-4-7-15-34)47-21-13-11-18-42(47)36-16-8-5-9-17-36/h4-27,32-33,37-39,48H,28-31H2,1-3H3/t33?,37?,38-,39+,48?,50?. The Kier molecular flexibility index (Phi) is 7.01. The molecular weight excluding hydrogens is 615 g/mol. The number of anilines is 3. The molecule has 2 bridgehead atoms. The van der Waals surface area contributed by atoms with Crippen LogP contribution in [-0.2, 0) is 10.8 Å². The van der Waals surface area contributed by atoms with Crippen LogP contribution in [0.4, 0.5) is 17.1 Å². The first kappa shape index (κ1) is 30.9. The van der Waals surface area contributed by atoms with Crippen LogP contribution >= 0.6 is 0 Å². The van der Waals surface area contributed by atoms with Crippen molar-refractivity contribution in [1.29, 1.82) is 0 Å². The molecule has 0 amide bonds. The molecule has 6 aromatic carbocycles. The highest BCUT2D eigenvalue weighted by Gasteiger charge is 2.68. The number of hydrogen-bond donors (Lipinski definition) is 0. The van der Waals surface area contributed by atoms with E-state index in [9.17, 15) is 0 Å². The molecular formula is C50H47N. The van der Waals surface area contributed by atoms with Crippen LogP contribution < -0.4 is 4.90 Å². The molecule has 4 aliphatic rings. The number of rotatable bonds is 5. The Hall–Kier alpha value is -4.88. The third kappa shape index (κ3) is 4.53. The number of hydrogen-bond acceptors (Lipinski definition) is 1. The maximum absolute atomic E-state index is 2.62. The maximum atomic E-state index is 2.62. The van der Waals surface area contributed by atoms with Crippen LogP contribution in [0.2, 0.25) is 0 Å². The van der Waals surface area contributed by atoms with Gasteiger partial charge < -0.3 is 4.90 Å². The molecule has 1 heteroatoms. The molecule has 4 aliphatic carbocycles. The maximum Gasteiger partial charge on any atom is 0.0540 e. The molecule has 252 valence electrons. The summed E-state index contributed by atoms with van der Waals surface area (Å²) < 4.78 is 0. The van der Waals surface area contributed by atoms with Crippen LogP contribution in [-0.4, -0.2) is 0 Å². The molecule has 6 atom stereocenters. The summed E-state index contributed by atoms with van der Waals surface area (Å²) in [6.07, 6.45) is 5.53. The van der Waals surface area contributed by atoms with Gasteiger partial charge in [0.2, 0.25) is 0 Å². The quantitative estimate of drug-likeness (QED) is 0.178. The number of para-hydroxylation sites is 1. The Morgan fingerprint density at radius 1 is 0.510 bits per heavy atom. The van der Waals surface area contributed by atoms with Gasteiger partial charge in [-0.15, -0.1) is 0 Å². The van der Waals surface area contributed by atoms with Crippen LogP contribution in [0.3, 0.4) is 0 Å². The molecule has 0 aliphatic heterocycles. The summed E-state index contributed by atoms with van der Waals surface area (Å²) >= 11 is 0. The zero-order valence-electron chi connectivity index (χ0n) is 30.1. The van der Waals surface area contributed by atoms with Crippen molar-refractivity contribution in [3.63, 3.8) is 0 Å². The van der Waals surface area contributed by atoms with E-state index in [-0.39, 0.29) is 10.8 Å². The van der Waals surface area contributed by atoms with Crippen molar-refractivity contribution in [3.8, 4) is 22.3 Å². The minimum atomic E-state index is -0.122. The molecule has 1 spiro atoms. The Labute approximate surface area is 304 Å². The fraction of sp³-hybridized carbons (Fsp3) is 0.280. The molecule has 3 saturated carbocycles. The van der Waals surface area contributed by atoms with Crippen LogP contribution in [0.5, 0.6) is 0 Å². The Balaban J connectivity index is 1.21. The average Bonchev–Trinajstić information content (AvgIpc) is 3.65. The lowest BCUT2D eigenvalue weighted by molar-refractivity contribution is 0.0822. The fourth-order valence-electron chi connectivity index (χ4n) is 11.9. The van der Waals surface area contributed by atoms with E-state index in [2.05, 4.69) is 177 Å². The van der Waals surface area contributed by atoms with Crippen LogP contribution in [0.25, 0.3) is 22.3 Å². The first-order valence-corrected chi connectivity index (χ1v) is 19.3. The molecule has 1 nitrogen and oxygen atoms in total. The van der Waals surface area contributed by atoms with E-state index < -0.39 is 0 Å². The molecule has 0 aromatic heterocycles. The summed E-state index contributed by atoms with van der Waals surface area (Å²) in [6, 6.07) is 57.1. The Bertz CT molecular complexity index is 2210. The highest BCUT2D eigenvalue weighted by molar-refractivity contribution is 5.89. The summed E-state index contributed by atoms with van der Waals surface area (Å²) in [5, 5.41) is 0. The molecule has 0 N–H and O–H groups in total. The minimum Gasteiger partial charge on any atom is -0.310 e. The van der Waals surface area contributed by atoms with Gasteiger partial charge in [0.25, 0.3) is 0 Å². The smallest absolute Gasteiger partial charge is 0.0540 e. The largest absolute Gasteiger partial charge is 0.310 e. The first-order chi connectivity index (χ1) is 24.9. The van der Waals surface area contributed by atoms with Crippen LogP contribution in [0, 0.1) is 23.7 Å². The molecule has 0 radical (unpaired) electrons. The number of fused-ring (bicyclic) bond motifs is 2. The van der Waals surface area contributed by atoms with Crippen molar-refractivity contribution in [2.24, 2.45) is 23.7 Å². The number of benzene rings is 6. The summed E-state index contributed by atoms with van der Waals surface area (Å²) in [7, 11) is 0. The van der Waals surface area contributed by atoms with Gasteiger partial charge in [-0.05, 0) is 125 Å². The van der Waals surface area contributed by atoms with Crippen molar-refractivity contribution in [1.82, 2.24) is 0 Å². The lowest BCUT2D eigenvalue weighted by atomic mass is 9.53. The monoisotopic (exact) mass is 661 g/mol. The van der Waals surface area contributed by atoms with Gasteiger partial charge in [-0.1, -0.05) is 142 Å². The van der Waals surface area contributed by atoms with E-state index in [1.807, 2.05) is 0 Å². The predicted molar refractivity (Wildman–Crippen MR) is 213 cm³/mol. The van der Waals surface area contributed by atoms with E-state index in [0.29, 0.717) is 5.92 Å². The van der Waals surface area contributed by atoms with Gasteiger partial charge in [-0.2, -0.15) is 0 Å².